The van der Waals surface area contributed by atoms with E-state index in [-0.39, 0.29) is 16.5 Å². The Kier molecular flexibility index (Phi) is 14.0. The normalized spacial score (nSPS) is 8.17. The second-order valence-corrected chi connectivity index (χ2v) is 0.880. The van der Waals surface area contributed by atoms with Gasteiger partial charge in [-0.05, 0) is 0 Å². The summed E-state index contributed by atoms with van der Waals surface area (Å²) < 4.78 is 0. The van der Waals surface area contributed by atoms with Gasteiger partial charge >= 0.3 is 0 Å². The Balaban J connectivity index is 0. The molecule has 0 unspecified atom stereocenters. The van der Waals surface area contributed by atoms with Gasteiger partial charge in [0.25, 0.3) is 0 Å². The largest absolute Gasteiger partial charge is 0.245 e. The van der Waals surface area contributed by atoms with E-state index in [0.29, 0.717) is 0 Å². The van der Waals surface area contributed by atoms with Gasteiger partial charge in [0.2, 0.25) is 0 Å². The maximum absolute atomic E-state index is 3.49. The van der Waals surface area contributed by atoms with Crippen molar-refractivity contribution in [1.29, 1.82) is 0 Å². The molecule has 0 aliphatic carbocycles. The molecule has 0 aromatic heterocycles. The predicted octanol–water partition coefficient (Wildman–Crippen LogP) is 1.78. The Morgan fingerprint density at radius 2 is 2.17 bits per heavy atom. The van der Waals surface area contributed by atoms with Crippen molar-refractivity contribution in [2.24, 2.45) is 0 Å². The fourth-order valence-electron chi connectivity index (χ4n) is 0.167. The summed E-state index contributed by atoms with van der Waals surface area (Å²) >= 11 is 0. The minimum Gasteiger partial charge on any atom is -0.245 e. The molecule has 0 rings (SSSR count). The second kappa shape index (κ2) is 8.92. The van der Waals surface area contributed by atoms with E-state index in [1.165, 1.54) is 0 Å². The van der Waals surface area contributed by atoms with Gasteiger partial charge in [-0.25, -0.2) is 19.1 Å². The van der Waals surface area contributed by atoms with Crippen LogP contribution in [0.2, 0.25) is 0 Å². The molecule has 0 aromatic carbocycles. The first-order valence-electron chi connectivity index (χ1n) is 1.86. The third-order valence-electron chi connectivity index (χ3n) is 0.402. The van der Waals surface area contributed by atoms with Crippen LogP contribution in [0, 0.1) is 6.92 Å². The molecule has 0 aliphatic rings. The van der Waals surface area contributed by atoms with Crippen LogP contribution in [-0.2, 0) is 16.5 Å². The molecule has 0 bridgehead atoms. The van der Waals surface area contributed by atoms with Crippen LogP contribution in [0.3, 0.4) is 0 Å². The third-order valence-corrected chi connectivity index (χ3v) is 0.402. The van der Waals surface area contributed by atoms with Crippen LogP contribution in [0.4, 0.5) is 0 Å². The fourth-order valence-corrected chi connectivity index (χ4v) is 0.167. The van der Waals surface area contributed by atoms with Gasteiger partial charge in [0.1, 0.15) is 0 Å². The molecule has 0 atom stereocenters. The van der Waals surface area contributed by atoms with E-state index < -0.39 is 0 Å². The van der Waals surface area contributed by atoms with Crippen LogP contribution in [0.25, 0.3) is 0 Å². The first-order valence-corrected chi connectivity index (χ1v) is 1.86. The first-order chi connectivity index (χ1) is 2.41. The Morgan fingerprint density at radius 1 is 1.67 bits per heavy atom. The summed E-state index contributed by atoms with van der Waals surface area (Å²) in [6.07, 6.45) is 4.92. The van der Waals surface area contributed by atoms with Crippen molar-refractivity contribution in [3.63, 3.8) is 0 Å². The predicted molar refractivity (Wildman–Crippen MR) is 24.8 cm³/mol. The van der Waals surface area contributed by atoms with E-state index in [4.69, 9.17) is 0 Å². The zero-order valence-electron chi connectivity index (χ0n) is 3.89. The number of hydrogen-bond donors (Lipinski definition) is 0. The van der Waals surface area contributed by atoms with Crippen molar-refractivity contribution < 1.29 is 16.5 Å². The van der Waals surface area contributed by atoms with E-state index in [1.54, 1.807) is 6.08 Å². The molecule has 40 valence electrons. The maximum atomic E-state index is 3.49. The van der Waals surface area contributed by atoms with Crippen LogP contribution in [0.15, 0.2) is 12.2 Å². The third kappa shape index (κ3) is 8.93. The molecule has 0 fully saturated rings. The smallest absolute Gasteiger partial charge is 0 e. The van der Waals surface area contributed by atoms with Gasteiger partial charge < -0.3 is 0 Å². The average molecular weight is 128 g/mol. The molecule has 0 radical (unpaired) electrons. The summed E-state index contributed by atoms with van der Waals surface area (Å²) in [5.41, 5.74) is 0. The van der Waals surface area contributed by atoms with E-state index >= 15 is 0 Å². The minimum absolute atomic E-state index is 0. The monoisotopic (exact) mass is 127 g/mol. The minimum atomic E-state index is 0. The SMILES string of the molecule is [CH2-]C=CCC.[Ni]. The first kappa shape index (κ1) is 9.44. The molecular formula is C5H9Ni-. The van der Waals surface area contributed by atoms with Crippen molar-refractivity contribution in [1.82, 2.24) is 0 Å². The quantitative estimate of drug-likeness (QED) is 0.372. The van der Waals surface area contributed by atoms with Gasteiger partial charge in [0.15, 0.2) is 0 Å². The molecule has 0 aliphatic heterocycles. The molecule has 0 aromatic rings. The molecule has 0 nitrogen and oxygen atoms in total. The van der Waals surface area contributed by atoms with Crippen LogP contribution >= 0.6 is 0 Å². The van der Waals surface area contributed by atoms with Crippen molar-refractivity contribution in [2.75, 3.05) is 0 Å². The Hall–Kier alpha value is 0.104. The summed E-state index contributed by atoms with van der Waals surface area (Å²) in [5, 5.41) is 0. The van der Waals surface area contributed by atoms with Crippen LogP contribution in [0.5, 0.6) is 0 Å². The summed E-state index contributed by atoms with van der Waals surface area (Å²) in [7, 11) is 0. The Bertz CT molecular complexity index is 30.9. The van der Waals surface area contributed by atoms with Crippen molar-refractivity contribution in [3.8, 4) is 0 Å². The van der Waals surface area contributed by atoms with Crippen molar-refractivity contribution in [3.05, 3.63) is 19.1 Å². The Morgan fingerprint density at radius 3 is 2.17 bits per heavy atom. The van der Waals surface area contributed by atoms with Gasteiger partial charge in [-0.2, -0.15) is 0 Å². The van der Waals surface area contributed by atoms with E-state index in [2.05, 4.69) is 13.8 Å². The van der Waals surface area contributed by atoms with Gasteiger partial charge in [0.05, 0.1) is 0 Å². The maximum Gasteiger partial charge on any atom is 0 e. The molecule has 0 heterocycles. The summed E-state index contributed by atoms with van der Waals surface area (Å²) in [6, 6.07) is 0. The van der Waals surface area contributed by atoms with Crippen molar-refractivity contribution in [2.45, 2.75) is 13.3 Å². The van der Waals surface area contributed by atoms with Gasteiger partial charge in [-0.1, -0.05) is 6.92 Å². The number of allylic oxidation sites excluding steroid dienone is 2. The molecule has 1 heteroatoms. The van der Waals surface area contributed by atoms with E-state index in [9.17, 15) is 0 Å². The fraction of sp³-hybridized carbons (Fsp3) is 0.400. The number of hydrogen-bond acceptors (Lipinski definition) is 0. The van der Waals surface area contributed by atoms with Crippen LogP contribution < -0.4 is 0 Å². The zero-order valence-corrected chi connectivity index (χ0v) is 4.87. The van der Waals surface area contributed by atoms with Crippen molar-refractivity contribution >= 4 is 0 Å². The zero-order chi connectivity index (χ0) is 4.12. The van der Waals surface area contributed by atoms with Crippen LogP contribution in [0.1, 0.15) is 13.3 Å². The molecule has 0 amide bonds. The molecule has 6 heavy (non-hydrogen) atoms. The van der Waals surface area contributed by atoms with Crippen LogP contribution in [-0.4, -0.2) is 0 Å². The molecular weight excluding hydrogens is 119 g/mol. The van der Waals surface area contributed by atoms with Gasteiger partial charge in [-0.15, -0.1) is 6.42 Å². The summed E-state index contributed by atoms with van der Waals surface area (Å²) in [5.74, 6) is 0. The molecule has 0 spiro atoms. The van der Waals surface area contributed by atoms with E-state index in [0.717, 1.165) is 6.42 Å². The molecule has 0 saturated heterocycles. The Labute approximate surface area is 49.6 Å². The summed E-state index contributed by atoms with van der Waals surface area (Å²) in [6.45, 7) is 5.58. The number of rotatable bonds is 1. The average Bonchev–Trinajstić information content (AvgIpc) is 1.41. The van der Waals surface area contributed by atoms with E-state index in [1.807, 2.05) is 6.08 Å². The topological polar surface area (TPSA) is 0 Å². The van der Waals surface area contributed by atoms with Gasteiger partial charge in [-0.3, -0.25) is 0 Å². The molecule has 0 N–H and O–H groups in total. The summed E-state index contributed by atoms with van der Waals surface area (Å²) in [4.78, 5) is 0. The molecule has 0 saturated carbocycles. The second-order valence-electron chi connectivity index (χ2n) is 0.880. The van der Waals surface area contributed by atoms with Gasteiger partial charge in [0, 0.05) is 16.5 Å². The standard InChI is InChI=1S/C5H9.Ni/c1-3-5-4-2;/h3,5H,1,4H2,2H3;/q-1;.